The third-order valence-electron chi connectivity index (χ3n) is 4.58. The topological polar surface area (TPSA) is 54.5 Å². The number of halogens is 1. The normalized spacial score (nSPS) is 17.9. The summed E-state index contributed by atoms with van der Waals surface area (Å²) in [6.45, 7) is 4.85. The lowest BCUT2D eigenvalue weighted by atomic mass is 10.0. The molecule has 2 atom stereocenters. The van der Waals surface area contributed by atoms with Gasteiger partial charge in [0.15, 0.2) is 0 Å². The Bertz CT molecular complexity index is 669. The van der Waals surface area contributed by atoms with Gasteiger partial charge in [-0.1, -0.05) is 31.2 Å². The number of aromatic nitrogens is 1. The number of piperazine rings is 1. The fourth-order valence-corrected chi connectivity index (χ4v) is 3.12. The van der Waals surface area contributed by atoms with E-state index in [1.54, 1.807) is 6.20 Å². The first-order valence-electron chi connectivity index (χ1n) is 8.84. The van der Waals surface area contributed by atoms with Crippen molar-refractivity contribution >= 4 is 18.3 Å². The van der Waals surface area contributed by atoms with Crippen molar-refractivity contribution in [3.05, 3.63) is 60.4 Å². The SMILES string of the molecule is CC(CCOc1ccccc1)C(=O)N1CCNCC1c1cccnc1.Cl. The van der Waals surface area contributed by atoms with Gasteiger partial charge in [-0.3, -0.25) is 9.78 Å². The van der Waals surface area contributed by atoms with Gasteiger partial charge >= 0.3 is 0 Å². The highest BCUT2D eigenvalue weighted by Crippen LogP contribution is 2.24. The van der Waals surface area contributed by atoms with Crippen LogP contribution in [0.3, 0.4) is 0 Å². The minimum Gasteiger partial charge on any atom is -0.494 e. The second-order valence-electron chi connectivity index (χ2n) is 6.39. The number of rotatable bonds is 6. The number of amides is 1. The van der Waals surface area contributed by atoms with Gasteiger partial charge in [0.2, 0.25) is 5.91 Å². The molecule has 1 aliphatic rings. The Morgan fingerprint density at radius 2 is 2.12 bits per heavy atom. The Labute approximate surface area is 161 Å². The van der Waals surface area contributed by atoms with Crippen LogP contribution in [0.1, 0.15) is 24.9 Å². The lowest BCUT2D eigenvalue weighted by Gasteiger charge is -2.38. The van der Waals surface area contributed by atoms with Crippen LogP contribution in [0.25, 0.3) is 0 Å². The summed E-state index contributed by atoms with van der Waals surface area (Å²) in [7, 11) is 0. The molecule has 0 spiro atoms. The summed E-state index contributed by atoms with van der Waals surface area (Å²) >= 11 is 0. The molecule has 1 saturated heterocycles. The first-order chi connectivity index (χ1) is 12.3. The van der Waals surface area contributed by atoms with Crippen LogP contribution >= 0.6 is 12.4 Å². The van der Waals surface area contributed by atoms with Crippen molar-refractivity contribution in [2.75, 3.05) is 26.2 Å². The number of ether oxygens (including phenoxy) is 1. The van der Waals surface area contributed by atoms with Crippen LogP contribution in [0, 0.1) is 5.92 Å². The van der Waals surface area contributed by atoms with Crippen molar-refractivity contribution in [3.8, 4) is 5.75 Å². The monoisotopic (exact) mass is 375 g/mol. The first kappa shape index (κ1) is 20.2. The van der Waals surface area contributed by atoms with Crippen LogP contribution in [0.15, 0.2) is 54.9 Å². The van der Waals surface area contributed by atoms with Crippen LogP contribution in [0.5, 0.6) is 5.75 Å². The van der Waals surface area contributed by atoms with Gasteiger partial charge in [0.1, 0.15) is 5.75 Å². The summed E-state index contributed by atoms with van der Waals surface area (Å²) in [4.78, 5) is 19.1. The minimum atomic E-state index is -0.0685. The van der Waals surface area contributed by atoms with Gasteiger partial charge in [0.25, 0.3) is 0 Å². The molecule has 0 bridgehead atoms. The zero-order chi connectivity index (χ0) is 17.5. The molecule has 2 heterocycles. The van der Waals surface area contributed by atoms with Gasteiger partial charge in [0, 0.05) is 37.9 Å². The minimum absolute atomic E-state index is 0. The van der Waals surface area contributed by atoms with Crippen molar-refractivity contribution in [2.24, 2.45) is 5.92 Å². The Kier molecular flexibility index (Phi) is 7.88. The summed E-state index contributed by atoms with van der Waals surface area (Å²) < 4.78 is 5.73. The van der Waals surface area contributed by atoms with Gasteiger partial charge < -0.3 is 15.0 Å². The van der Waals surface area contributed by atoms with E-state index in [-0.39, 0.29) is 30.3 Å². The number of benzene rings is 1. The lowest BCUT2D eigenvalue weighted by Crippen LogP contribution is -2.50. The van der Waals surface area contributed by atoms with Crippen molar-refractivity contribution in [1.82, 2.24) is 15.2 Å². The summed E-state index contributed by atoms with van der Waals surface area (Å²) in [5.74, 6) is 0.963. The zero-order valence-corrected chi connectivity index (χ0v) is 15.8. The molecule has 6 heteroatoms. The summed E-state index contributed by atoms with van der Waals surface area (Å²) in [5, 5.41) is 3.38. The highest BCUT2D eigenvalue weighted by molar-refractivity contribution is 5.85. The standard InChI is InChI=1S/C20H25N3O2.ClH/c1-16(9-13-25-18-7-3-2-4-8-18)20(24)23-12-11-22-15-19(23)17-6-5-10-21-14-17;/h2-8,10,14,16,19,22H,9,11-13,15H2,1H3;1H. The van der Waals surface area contributed by atoms with Crippen LogP contribution in [-0.4, -0.2) is 42.0 Å². The average molecular weight is 376 g/mol. The molecular formula is C20H26ClN3O2. The van der Waals surface area contributed by atoms with E-state index in [4.69, 9.17) is 4.74 Å². The maximum atomic E-state index is 12.9. The van der Waals surface area contributed by atoms with Crippen LogP contribution in [0.4, 0.5) is 0 Å². The fraction of sp³-hybridized carbons (Fsp3) is 0.400. The van der Waals surface area contributed by atoms with Crippen molar-refractivity contribution in [3.63, 3.8) is 0 Å². The lowest BCUT2D eigenvalue weighted by molar-refractivity contribution is -0.138. The number of nitrogens with one attached hydrogen (secondary N) is 1. The Hall–Kier alpha value is -2.11. The summed E-state index contributed by atoms with van der Waals surface area (Å²) in [6, 6.07) is 13.7. The van der Waals surface area contributed by atoms with E-state index in [1.807, 2.05) is 60.5 Å². The van der Waals surface area contributed by atoms with E-state index in [0.717, 1.165) is 30.9 Å². The van der Waals surface area contributed by atoms with Crippen LogP contribution in [-0.2, 0) is 4.79 Å². The molecule has 0 aliphatic carbocycles. The molecule has 1 fully saturated rings. The smallest absolute Gasteiger partial charge is 0.226 e. The molecule has 5 nitrogen and oxygen atoms in total. The van der Waals surface area contributed by atoms with E-state index in [2.05, 4.69) is 10.3 Å². The number of pyridine rings is 1. The third-order valence-corrected chi connectivity index (χ3v) is 4.58. The van der Waals surface area contributed by atoms with E-state index >= 15 is 0 Å². The largest absolute Gasteiger partial charge is 0.494 e. The van der Waals surface area contributed by atoms with Gasteiger partial charge in [-0.05, 0) is 30.2 Å². The number of carbonyl (C=O) groups excluding carboxylic acids is 1. The molecule has 1 aromatic heterocycles. The third kappa shape index (κ3) is 5.19. The predicted molar refractivity (Wildman–Crippen MR) is 105 cm³/mol. The second kappa shape index (κ2) is 10.1. The molecular weight excluding hydrogens is 350 g/mol. The van der Waals surface area contributed by atoms with Gasteiger partial charge in [-0.25, -0.2) is 0 Å². The highest BCUT2D eigenvalue weighted by Gasteiger charge is 2.30. The molecule has 26 heavy (non-hydrogen) atoms. The number of hydrogen-bond acceptors (Lipinski definition) is 4. The molecule has 0 saturated carbocycles. The first-order valence-corrected chi connectivity index (χ1v) is 8.84. The van der Waals surface area contributed by atoms with E-state index in [0.29, 0.717) is 13.0 Å². The van der Waals surface area contributed by atoms with Crippen molar-refractivity contribution in [1.29, 1.82) is 0 Å². The molecule has 2 unspecified atom stereocenters. The summed E-state index contributed by atoms with van der Waals surface area (Å²) in [6.07, 6.45) is 4.31. The highest BCUT2D eigenvalue weighted by atomic mass is 35.5. The average Bonchev–Trinajstić information content (AvgIpc) is 2.69. The maximum Gasteiger partial charge on any atom is 0.226 e. The number of hydrogen-bond donors (Lipinski definition) is 1. The Morgan fingerprint density at radius 1 is 1.31 bits per heavy atom. The van der Waals surface area contributed by atoms with Gasteiger partial charge in [-0.15, -0.1) is 12.4 Å². The van der Waals surface area contributed by atoms with E-state index in [1.165, 1.54) is 0 Å². The zero-order valence-electron chi connectivity index (χ0n) is 15.0. The van der Waals surface area contributed by atoms with Gasteiger partial charge in [0.05, 0.1) is 12.6 Å². The molecule has 1 aliphatic heterocycles. The van der Waals surface area contributed by atoms with Crippen LogP contribution < -0.4 is 10.1 Å². The number of nitrogens with zero attached hydrogens (tertiary/aromatic N) is 2. The van der Waals surface area contributed by atoms with Crippen molar-refractivity contribution < 1.29 is 9.53 Å². The molecule has 2 aromatic rings. The number of carbonyl (C=O) groups is 1. The van der Waals surface area contributed by atoms with Crippen LogP contribution in [0.2, 0.25) is 0 Å². The van der Waals surface area contributed by atoms with Crippen molar-refractivity contribution in [2.45, 2.75) is 19.4 Å². The molecule has 1 amide bonds. The molecule has 3 rings (SSSR count). The quantitative estimate of drug-likeness (QED) is 0.843. The Balaban J connectivity index is 0.00000243. The molecule has 140 valence electrons. The van der Waals surface area contributed by atoms with E-state index < -0.39 is 0 Å². The molecule has 0 radical (unpaired) electrons. The fourth-order valence-electron chi connectivity index (χ4n) is 3.12. The number of para-hydroxylation sites is 1. The van der Waals surface area contributed by atoms with E-state index in [9.17, 15) is 4.79 Å². The second-order valence-corrected chi connectivity index (χ2v) is 6.39. The molecule has 1 aromatic carbocycles. The van der Waals surface area contributed by atoms with Gasteiger partial charge in [-0.2, -0.15) is 0 Å². The summed E-state index contributed by atoms with van der Waals surface area (Å²) in [5.41, 5.74) is 1.08. The maximum absolute atomic E-state index is 12.9. The predicted octanol–water partition coefficient (Wildman–Crippen LogP) is 3.08. The Morgan fingerprint density at radius 3 is 2.85 bits per heavy atom. The molecule has 1 N–H and O–H groups in total.